The minimum atomic E-state index is -0.639. The second kappa shape index (κ2) is 6.53. The number of rotatable bonds is 3. The quantitative estimate of drug-likeness (QED) is 0.675. The summed E-state index contributed by atoms with van der Waals surface area (Å²) < 4.78 is 0. The molecule has 24 heavy (non-hydrogen) atoms. The van der Waals surface area contributed by atoms with Crippen molar-refractivity contribution in [3.63, 3.8) is 0 Å². The molecule has 124 valence electrons. The predicted molar refractivity (Wildman–Crippen MR) is 88.3 cm³/mol. The van der Waals surface area contributed by atoms with Gasteiger partial charge in [0, 0.05) is 37.9 Å². The van der Waals surface area contributed by atoms with Gasteiger partial charge in [0.15, 0.2) is 0 Å². The number of nitrogens with zero attached hydrogens (tertiary/aromatic N) is 3. The molecule has 8 heteroatoms. The van der Waals surface area contributed by atoms with Crippen LogP contribution in [0.3, 0.4) is 0 Å². The maximum absolute atomic E-state index is 12.5. The third-order valence-electron chi connectivity index (χ3n) is 4.02. The van der Waals surface area contributed by atoms with Crippen LogP contribution in [0, 0.1) is 10.1 Å². The van der Waals surface area contributed by atoms with Crippen molar-refractivity contribution in [2.75, 3.05) is 31.1 Å². The maximum Gasteiger partial charge on any atom is 0.286 e. The van der Waals surface area contributed by atoms with Gasteiger partial charge in [0.1, 0.15) is 5.56 Å². The second-order valence-electron chi connectivity index (χ2n) is 5.47. The number of nitrogens with one attached hydrogen (secondary N) is 1. The summed E-state index contributed by atoms with van der Waals surface area (Å²) in [6.45, 7) is 2.19. The maximum atomic E-state index is 12.5. The molecular formula is C16H16N4O4. The Kier molecular flexibility index (Phi) is 4.28. The number of carbonyl (C=O) groups is 1. The van der Waals surface area contributed by atoms with Gasteiger partial charge < -0.3 is 14.8 Å². The van der Waals surface area contributed by atoms with E-state index in [1.807, 2.05) is 30.3 Å². The molecule has 0 aliphatic carbocycles. The summed E-state index contributed by atoms with van der Waals surface area (Å²) in [5, 5.41) is 10.8. The lowest BCUT2D eigenvalue weighted by atomic mass is 10.2. The molecular weight excluding hydrogens is 312 g/mol. The molecule has 1 aromatic carbocycles. The minimum absolute atomic E-state index is 0.197. The lowest BCUT2D eigenvalue weighted by molar-refractivity contribution is -0.385. The Balaban J connectivity index is 1.73. The number of aromatic amines is 1. The first-order chi connectivity index (χ1) is 11.6. The topological polar surface area (TPSA) is 99.5 Å². The van der Waals surface area contributed by atoms with Gasteiger partial charge in [0.25, 0.3) is 17.2 Å². The van der Waals surface area contributed by atoms with Gasteiger partial charge >= 0.3 is 0 Å². The summed E-state index contributed by atoms with van der Waals surface area (Å²) in [7, 11) is 0. The number of para-hydroxylation sites is 1. The molecule has 8 nitrogen and oxygen atoms in total. The molecule has 3 rings (SSSR count). The molecule has 0 saturated carbocycles. The number of nitro groups is 1. The summed E-state index contributed by atoms with van der Waals surface area (Å²) in [4.78, 5) is 40.5. The van der Waals surface area contributed by atoms with Gasteiger partial charge in [0.2, 0.25) is 0 Å². The van der Waals surface area contributed by atoms with Crippen LogP contribution < -0.4 is 10.5 Å². The average Bonchev–Trinajstić information content (AvgIpc) is 2.62. The highest BCUT2D eigenvalue weighted by Crippen LogP contribution is 2.17. The number of hydrogen-bond acceptors (Lipinski definition) is 5. The highest BCUT2D eigenvalue weighted by molar-refractivity contribution is 5.94. The molecule has 0 radical (unpaired) electrons. The Labute approximate surface area is 137 Å². The van der Waals surface area contributed by atoms with Crippen molar-refractivity contribution in [3.05, 3.63) is 68.6 Å². The van der Waals surface area contributed by atoms with E-state index < -0.39 is 16.4 Å². The molecule has 1 aromatic heterocycles. The number of piperazine rings is 1. The van der Waals surface area contributed by atoms with E-state index in [-0.39, 0.29) is 11.3 Å². The number of benzene rings is 1. The summed E-state index contributed by atoms with van der Waals surface area (Å²) in [6.07, 6.45) is 0.993. The van der Waals surface area contributed by atoms with Gasteiger partial charge in [-0.2, -0.15) is 0 Å². The number of amides is 1. The fourth-order valence-electron chi connectivity index (χ4n) is 2.71. The minimum Gasteiger partial charge on any atom is -0.368 e. The first-order valence-corrected chi connectivity index (χ1v) is 7.52. The van der Waals surface area contributed by atoms with Gasteiger partial charge in [-0.05, 0) is 12.1 Å². The van der Waals surface area contributed by atoms with Gasteiger partial charge in [-0.1, -0.05) is 18.2 Å². The monoisotopic (exact) mass is 328 g/mol. The van der Waals surface area contributed by atoms with E-state index in [0.717, 1.165) is 18.0 Å². The SMILES string of the molecule is O=C(c1cc([N+](=O)[O-])c[nH]c1=O)N1CCN(c2ccccc2)CC1. The molecule has 2 aromatic rings. The van der Waals surface area contributed by atoms with E-state index in [2.05, 4.69) is 9.88 Å². The van der Waals surface area contributed by atoms with Crippen molar-refractivity contribution in [2.24, 2.45) is 0 Å². The second-order valence-corrected chi connectivity index (χ2v) is 5.47. The van der Waals surface area contributed by atoms with Crippen molar-refractivity contribution in [1.29, 1.82) is 0 Å². The predicted octanol–water partition coefficient (Wildman–Crippen LogP) is 1.25. The summed E-state index contributed by atoms with van der Waals surface area (Å²) in [5.41, 5.74) is -0.0351. The molecule has 2 heterocycles. The Morgan fingerprint density at radius 1 is 1.12 bits per heavy atom. The zero-order valence-corrected chi connectivity index (χ0v) is 12.8. The van der Waals surface area contributed by atoms with Crippen molar-refractivity contribution >= 4 is 17.3 Å². The van der Waals surface area contributed by atoms with Crippen molar-refractivity contribution in [3.8, 4) is 0 Å². The van der Waals surface area contributed by atoms with Crippen LogP contribution in [0.1, 0.15) is 10.4 Å². The smallest absolute Gasteiger partial charge is 0.286 e. The zero-order valence-electron chi connectivity index (χ0n) is 12.8. The number of anilines is 1. The van der Waals surface area contributed by atoms with E-state index in [1.165, 1.54) is 0 Å². The van der Waals surface area contributed by atoms with Gasteiger partial charge in [-0.15, -0.1) is 0 Å². The third-order valence-corrected chi connectivity index (χ3v) is 4.02. The van der Waals surface area contributed by atoms with Gasteiger partial charge in [0.05, 0.1) is 11.1 Å². The summed E-state index contributed by atoms with van der Waals surface area (Å²) in [6, 6.07) is 10.9. The summed E-state index contributed by atoms with van der Waals surface area (Å²) >= 11 is 0. The van der Waals surface area contributed by atoms with E-state index >= 15 is 0 Å². The van der Waals surface area contributed by atoms with Crippen molar-refractivity contribution < 1.29 is 9.72 Å². The van der Waals surface area contributed by atoms with Crippen LogP contribution >= 0.6 is 0 Å². The molecule has 0 atom stereocenters. The fourth-order valence-corrected chi connectivity index (χ4v) is 2.71. The van der Waals surface area contributed by atoms with Crippen LogP contribution in [0.5, 0.6) is 0 Å². The van der Waals surface area contributed by atoms with Crippen molar-refractivity contribution in [2.45, 2.75) is 0 Å². The number of carbonyl (C=O) groups excluding carboxylic acids is 1. The van der Waals surface area contributed by atoms with Crippen LogP contribution in [-0.2, 0) is 0 Å². The molecule has 1 aliphatic rings. The van der Waals surface area contributed by atoms with Crippen LogP contribution in [0.25, 0.3) is 0 Å². The number of hydrogen-bond donors (Lipinski definition) is 1. The normalized spacial score (nSPS) is 14.5. The number of pyridine rings is 1. The largest absolute Gasteiger partial charge is 0.368 e. The van der Waals surface area contributed by atoms with Crippen LogP contribution in [0.2, 0.25) is 0 Å². The lowest BCUT2D eigenvalue weighted by Gasteiger charge is -2.36. The van der Waals surface area contributed by atoms with E-state index in [0.29, 0.717) is 26.2 Å². The number of H-pyrrole nitrogens is 1. The highest BCUT2D eigenvalue weighted by Gasteiger charge is 2.25. The molecule has 0 bridgehead atoms. The fraction of sp³-hybridized carbons (Fsp3) is 0.250. The van der Waals surface area contributed by atoms with Crippen LogP contribution in [0.4, 0.5) is 11.4 Å². The molecule has 1 N–H and O–H groups in total. The zero-order chi connectivity index (χ0) is 17.1. The Morgan fingerprint density at radius 3 is 2.42 bits per heavy atom. The Hall–Kier alpha value is -3.16. The first kappa shape index (κ1) is 15.7. The molecule has 1 fully saturated rings. The van der Waals surface area contributed by atoms with Crippen LogP contribution in [0.15, 0.2) is 47.4 Å². The molecule has 0 spiro atoms. The standard InChI is InChI=1S/C16H16N4O4/c21-15-14(10-13(11-17-15)20(23)24)16(22)19-8-6-18(7-9-19)12-4-2-1-3-5-12/h1-5,10-11H,6-9H2,(H,17,21). The van der Waals surface area contributed by atoms with Crippen molar-refractivity contribution in [1.82, 2.24) is 9.88 Å². The molecule has 0 unspecified atom stereocenters. The van der Waals surface area contributed by atoms with E-state index in [4.69, 9.17) is 0 Å². The number of aromatic nitrogens is 1. The van der Waals surface area contributed by atoms with Gasteiger partial charge in [-0.25, -0.2) is 0 Å². The van der Waals surface area contributed by atoms with E-state index in [9.17, 15) is 19.7 Å². The summed E-state index contributed by atoms with van der Waals surface area (Å²) in [5.74, 6) is -0.479. The molecule has 1 saturated heterocycles. The average molecular weight is 328 g/mol. The van der Waals surface area contributed by atoms with E-state index in [1.54, 1.807) is 4.90 Å². The molecule has 1 amide bonds. The van der Waals surface area contributed by atoms with Gasteiger partial charge in [-0.3, -0.25) is 19.7 Å². The lowest BCUT2D eigenvalue weighted by Crippen LogP contribution is -2.49. The third kappa shape index (κ3) is 3.12. The highest BCUT2D eigenvalue weighted by atomic mass is 16.6. The Bertz CT molecular complexity index is 810. The Morgan fingerprint density at radius 2 is 1.79 bits per heavy atom. The molecule has 1 aliphatic heterocycles. The first-order valence-electron chi connectivity index (χ1n) is 7.52. The van der Waals surface area contributed by atoms with Crippen LogP contribution in [-0.4, -0.2) is 46.9 Å².